The first-order chi connectivity index (χ1) is 12.0. The molecule has 2 aromatic carbocycles. The first kappa shape index (κ1) is 18.7. The first-order valence-electron chi connectivity index (χ1n) is 6.82. The maximum atomic E-state index is 12.2. The third-order valence-corrected chi connectivity index (χ3v) is 4.11. The van der Waals surface area contributed by atoms with E-state index in [1.165, 1.54) is 12.3 Å². The van der Waals surface area contributed by atoms with Crippen LogP contribution in [0.4, 0.5) is 11.4 Å². The van der Waals surface area contributed by atoms with Crippen LogP contribution in [0.2, 0.25) is 10.0 Å². The van der Waals surface area contributed by atoms with Gasteiger partial charge in [-0.25, -0.2) is 0 Å². The Morgan fingerprint density at radius 1 is 1.12 bits per heavy atom. The van der Waals surface area contributed by atoms with Crippen LogP contribution in [-0.4, -0.2) is 5.91 Å². The van der Waals surface area contributed by atoms with Crippen molar-refractivity contribution < 1.29 is 4.79 Å². The maximum absolute atomic E-state index is 12.2. The number of halogens is 2. The van der Waals surface area contributed by atoms with Crippen molar-refractivity contribution in [1.29, 1.82) is 10.5 Å². The molecule has 1 amide bonds. The van der Waals surface area contributed by atoms with Gasteiger partial charge in [-0.2, -0.15) is 10.5 Å². The summed E-state index contributed by atoms with van der Waals surface area (Å²) in [4.78, 5) is 13.0. The SMILES string of the molecule is N#CSc1ccc(N/C=C(/C#N)C(=O)Nc2cc(Cl)ccc2Cl)cc1. The van der Waals surface area contributed by atoms with Gasteiger partial charge in [-0.05, 0) is 54.2 Å². The largest absolute Gasteiger partial charge is 0.360 e. The van der Waals surface area contributed by atoms with E-state index in [0.717, 1.165) is 16.7 Å². The predicted molar refractivity (Wildman–Crippen MR) is 100 cm³/mol. The molecule has 0 aromatic heterocycles. The van der Waals surface area contributed by atoms with Crippen LogP contribution >= 0.6 is 35.0 Å². The van der Waals surface area contributed by atoms with Gasteiger partial charge in [0.1, 0.15) is 17.0 Å². The van der Waals surface area contributed by atoms with Gasteiger partial charge in [0.15, 0.2) is 0 Å². The highest BCUT2D eigenvalue weighted by Gasteiger charge is 2.11. The number of nitriles is 2. The molecule has 0 heterocycles. The minimum Gasteiger partial charge on any atom is -0.360 e. The van der Waals surface area contributed by atoms with E-state index in [9.17, 15) is 10.1 Å². The van der Waals surface area contributed by atoms with E-state index < -0.39 is 5.91 Å². The van der Waals surface area contributed by atoms with Gasteiger partial charge in [-0.15, -0.1) is 0 Å². The van der Waals surface area contributed by atoms with Crippen molar-refractivity contribution in [3.8, 4) is 11.5 Å². The highest BCUT2D eigenvalue weighted by Crippen LogP contribution is 2.26. The Hall–Kier alpha value is -2.64. The van der Waals surface area contributed by atoms with Crippen molar-refractivity contribution in [3.63, 3.8) is 0 Å². The lowest BCUT2D eigenvalue weighted by atomic mass is 10.2. The maximum Gasteiger partial charge on any atom is 0.267 e. The van der Waals surface area contributed by atoms with Crippen molar-refractivity contribution in [3.05, 3.63) is 64.3 Å². The van der Waals surface area contributed by atoms with Gasteiger partial charge in [0.05, 0.1) is 10.7 Å². The molecule has 5 nitrogen and oxygen atoms in total. The van der Waals surface area contributed by atoms with Gasteiger partial charge in [-0.3, -0.25) is 4.79 Å². The average Bonchev–Trinajstić information content (AvgIpc) is 2.60. The quantitative estimate of drug-likeness (QED) is 0.324. The van der Waals surface area contributed by atoms with Crippen molar-refractivity contribution in [2.45, 2.75) is 4.90 Å². The van der Waals surface area contributed by atoms with E-state index in [2.05, 4.69) is 10.6 Å². The van der Waals surface area contributed by atoms with Gasteiger partial charge in [0, 0.05) is 21.8 Å². The molecule has 124 valence electrons. The number of nitrogens with one attached hydrogen (secondary N) is 2. The topological polar surface area (TPSA) is 88.7 Å². The highest BCUT2D eigenvalue weighted by atomic mass is 35.5. The van der Waals surface area contributed by atoms with Crippen molar-refractivity contribution in [2.24, 2.45) is 0 Å². The fourth-order valence-corrected chi connectivity index (χ4v) is 2.47. The van der Waals surface area contributed by atoms with Crippen LogP contribution in [0, 0.1) is 22.0 Å². The lowest BCUT2D eigenvalue weighted by Gasteiger charge is -2.07. The Morgan fingerprint density at radius 3 is 2.48 bits per heavy atom. The molecular formula is C17H10Cl2N4OS. The standard InChI is InChI=1S/C17H10Cl2N4OS/c18-12-1-6-15(19)16(7-12)23-17(24)11(8-20)9-22-13-2-4-14(5-3-13)25-10-21/h1-7,9,22H,(H,23,24)/b11-9-. The highest BCUT2D eigenvalue weighted by molar-refractivity contribution is 8.03. The summed E-state index contributed by atoms with van der Waals surface area (Å²) in [6.45, 7) is 0. The predicted octanol–water partition coefficient (Wildman–Crippen LogP) is 5.02. The molecule has 0 bridgehead atoms. The van der Waals surface area contributed by atoms with Crippen LogP contribution in [0.1, 0.15) is 0 Å². The van der Waals surface area contributed by atoms with Gasteiger partial charge in [-0.1, -0.05) is 23.2 Å². The number of hydrogen-bond acceptors (Lipinski definition) is 5. The number of hydrogen-bond donors (Lipinski definition) is 2. The number of nitrogens with zero attached hydrogens (tertiary/aromatic N) is 2. The second kappa shape index (κ2) is 9.00. The molecule has 0 radical (unpaired) electrons. The van der Waals surface area contributed by atoms with E-state index >= 15 is 0 Å². The summed E-state index contributed by atoms with van der Waals surface area (Å²) in [6, 6.07) is 13.4. The number of amides is 1. The Balaban J connectivity index is 2.09. The average molecular weight is 389 g/mol. The normalized spacial score (nSPS) is 10.5. The summed E-state index contributed by atoms with van der Waals surface area (Å²) in [6.07, 6.45) is 1.29. The Morgan fingerprint density at radius 2 is 1.84 bits per heavy atom. The summed E-state index contributed by atoms with van der Waals surface area (Å²) >= 11 is 12.9. The monoisotopic (exact) mass is 388 g/mol. The number of thiocyanates is 1. The third kappa shape index (κ3) is 5.44. The van der Waals surface area contributed by atoms with Gasteiger partial charge >= 0.3 is 0 Å². The summed E-state index contributed by atoms with van der Waals surface area (Å²) in [5.41, 5.74) is 0.855. The van der Waals surface area contributed by atoms with Crippen LogP contribution in [0.5, 0.6) is 0 Å². The van der Waals surface area contributed by atoms with Gasteiger partial charge in [0.25, 0.3) is 5.91 Å². The molecule has 0 spiro atoms. The molecule has 0 fully saturated rings. The van der Waals surface area contributed by atoms with Crippen molar-refractivity contribution in [2.75, 3.05) is 10.6 Å². The van der Waals surface area contributed by atoms with Crippen molar-refractivity contribution >= 4 is 52.2 Å². The molecule has 0 aliphatic heterocycles. The molecule has 0 atom stereocenters. The van der Waals surface area contributed by atoms with Crippen LogP contribution in [0.3, 0.4) is 0 Å². The number of carbonyl (C=O) groups excluding carboxylic acids is 1. The zero-order chi connectivity index (χ0) is 18.2. The van der Waals surface area contributed by atoms with Crippen LogP contribution in [-0.2, 0) is 4.79 Å². The minimum atomic E-state index is -0.615. The molecule has 0 aliphatic rings. The Bertz CT molecular complexity index is 898. The van der Waals surface area contributed by atoms with Crippen LogP contribution < -0.4 is 10.6 Å². The van der Waals surface area contributed by atoms with E-state index in [4.69, 9.17) is 28.5 Å². The fraction of sp³-hybridized carbons (Fsp3) is 0. The molecule has 2 rings (SSSR count). The molecule has 0 saturated carbocycles. The Labute approximate surface area is 158 Å². The zero-order valence-electron chi connectivity index (χ0n) is 12.6. The lowest BCUT2D eigenvalue weighted by Crippen LogP contribution is -2.14. The van der Waals surface area contributed by atoms with E-state index in [0.29, 0.717) is 21.4 Å². The number of rotatable bonds is 5. The lowest BCUT2D eigenvalue weighted by molar-refractivity contribution is -0.112. The summed E-state index contributed by atoms with van der Waals surface area (Å²) in [7, 11) is 0. The van der Waals surface area contributed by atoms with Crippen LogP contribution in [0.15, 0.2) is 59.1 Å². The smallest absolute Gasteiger partial charge is 0.267 e. The molecule has 25 heavy (non-hydrogen) atoms. The molecule has 0 unspecified atom stereocenters. The second-order valence-electron chi connectivity index (χ2n) is 4.61. The van der Waals surface area contributed by atoms with E-state index in [-0.39, 0.29) is 5.57 Å². The minimum absolute atomic E-state index is 0.133. The number of anilines is 2. The molecule has 2 N–H and O–H groups in total. The molecule has 0 aliphatic carbocycles. The fourth-order valence-electron chi connectivity index (χ4n) is 1.76. The van der Waals surface area contributed by atoms with Crippen molar-refractivity contribution in [1.82, 2.24) is 0 Å². The number of benzene rings is 2. The van der Waals surface area contributed by atoms with E-state index in [1.54, 1.807) is 36.4 Å². The molecule has 0 saturated heterocycles. The third-order valence-electron chi connectivity index (χ3n) is 2.94. The van der Waals surface area contributed by atoms with Crippen LogP contribution in [0.25, 0.3) is 0 Å². The zero-order valence-corrected chi connectivity index (χ0v) is 14.9. The number of thioether (sulfide) groups is 1. The second-order valence-corrected chi connectivity index (χ2v) is 6.31. The molecule has 2 aromatic rings. The van der Waals surface area contributed by atoms with E-state index in [1.807, 2.05) is 11.5 Å². The molecule has 8 heteroatoms. The summed E-state index contributed by atoms with van der Waals surface area (Å²) in [5, 5.41) is 25.9. The first-order valence-corrected chi connectivity index (χ1v) is 8.40. The summed E-state index contributed by atoms with van der Waals surface area (Å²) < 4.78 is 0. The number of carbonyl (C=O) groups is 1. The Kier molecular flexibility index (Phi) is 6.73. The van der Waals surface area contributed by atoms with Gasteiger partial charge in [0.2, 0.25) is 0 Å². The molecular weight excluding hydrogens is 379 g/mol. The van der Waals surface area contributed by atoms with Gasteiger partial charge < -0.3 is 10.6 Å². The summed E-state index contributed by atoms with van der Waals surface area (Å²) in [5.74, 6) is -0.615.